The second kappa shape index (κ2) is 13.4. The van der Waals surface area contributed by atoms with E-state index in [1.807, 2.05) is 21.1 Å². The minimum atomic E-state index is -4.29. The van der Waals surface area contributed by atoms with E-state index in [0.29, 0.717) is 21.9 Å². The van der Waals surface area contributed by atoms with E-state index >= 15 is 0 Å². The molecule has 6 nitrogen and oxygen atoms in total. The van der Waals surface area contributed by atoms with Gasteiger partial charge in [-0.15, -0.1) is 0 Å². The molecule has 7 heteroatoms. The van der Waals surface area contributed by atoms with Gasteiger partial charge in [-0.2, -0.15) is 0 Å². The van der Waals surface area contributed by atoms with Gasteiger partial charge in [0.25, 0.3) is 7.82 Å². The first-order valence-electron chi connectivity index (χ1n) is 16.9. The lowest BCUT2D eigenvalue weighted by Crippen LogP contribution is -2.51. The molecule has 4 aliphatic carbocycles. The molecule has 0 spiro atoms. The predicted molar refractivity (Wildman–Crippen MR) is 165 cm³/mol. The van der Waals surface area contributed by atoms with Crippen LogP contribution in [0, 0.1) is 46.3 Å². The molecular formula is C34H62NO5P. The lowest BCUT2D eigenvalue weighted by Gasteiger charge is -2.58. The average Bonchev–Trinajstić information content (AvgIpc) is 3.23. The van der Waals surface area contributed by atoms with E-state index in [9.17, 15) is 9.46 Å². The second-order valence-corrected chi connectivity index (χ2v) is 17.6. The molecule has 0 amide bonds. The number of phosphoric ester groups is 1. The fourth-order valence-electron chi connectivity index (χ4n) is 9.62. The number of rotatable bonds is 14. The summed E-state index contributed by atoms with van der Waals surface area (Å²) in [6.45, 7) is 13.5. The van der Waals surface area contributed by atoms with Gasteiger partial charge in [0.05, 0.1) is 40.5 Å². The molecule has 238 valence electrons. The van der Waals surface area contributed by atoms with Crippen molar-refractivity contribution in [3.63, 3.8) is 0 Å². The molecule has 1 unspecified atom stereocenters. The summed E-state index contributed by atoms with van der Waals surface area (Å²) in [6.07, 6.45) is 17.0. The molecule has 0 heterocycles. The van der Waals surface area contributed by atoms with E-state index in [1.54, 1.807) is 5.57 Å². The molecular weight excluding hydrogens is 533 g/mol. The predicted octanol–water partition coefficient (Wildman–Crippen LogP) is 7.62. The summed E-state index contributed by atoms with van der Waals surface area (Å²) in [5.74, 6) is 5.09. The number of nitrogens with zero attached hydrogens (tertiary/aromatic N) is 1. The number of ether oxygens (including phenoxy) is 1. The zero-order chi connectivity index (χ0) is 30.1. The van der Waals surface area contributed by atoms with E-state index < -0.39 is 7.82 Å². The van der Waals surface area contributed by atoms with Gasteiger partial charge in [-0.1, -0.05) is 65.5 Å². The lowest BCUT2D eigenvalue weighted by atomic mass is 9.47. The average molecular weight is 596 g/mol. The van der Waals surface area contributed by atoms with Crippen LogP contribution in [0.25, 0.3) is 0 Å². The van der Waals surface area contributed by atoms with E-state index in [-0.39, 0.29) is 25.9 Å². The molecule has 0 aromatic heterocycles. The zero-order valence-electron chi connectivity index (χ0n) is 27.7. The van der Waals surface area contributed by atoms with Crippen molar-refractivity contribution in [1.29, 1.82) is 0 Å². The van der Waals surface area contributed by atoms with Crippen LogP contribution in [0.2, 0.25) is 0 Å². The van der Waals surface area contributed by atoms with Gasteiger partial charge in [0.1, 0.15) is 13.2 Å². The number of allylic oxidation sites excluding steroid dienone is 1. The Morgan fingerprint density at radius 3 is 2.41 bits per heavy atom. The van der Waals surface area contributed by atoms with Gasteiger partial charge >= 0.3 is 0 Å². The van der Waals surface area contributed by atoms with Crippen molar-refractivity contribution >= 4 is 7.82 Å². The highest BCUT2D eigenvalue weighted by Gasteiger charge is 2.59. The van der Waals surface area contributed by atoms with Crippen LogP contribution >= 0.6 is 7.82 Å². The van der Waals surface area contributed by atoms with Crippen molar-refractivity contribution in [1.82, 2.24) is 0 Å². The Morgan fingerprint density at radius 1 is 0.976 bits per heavy atom. The van der Waals surface area contributed by atoms with Gasteiger partial charge in [-0.25, -0.2) is 0 Å². The highest BCUT2D eigenvalue weighted by molar-refractivity contribution is 7.45. The molecule has 9 atom stereocenters. The van der Waals surface area contributed by atoms with Crippen LogP contribution in [-0.2, 0) is 18.3 Å². The molecule has 0 N–H and O–H groups in total. The molecule has 0 radical (unpaired) electrons. The van der Waals surface area contributed by atoms with Crippen LogP contribution in [0.15, 0.2) is 11.6 Å². The van der Waals surface area contributed by atoms with Crippen molar-refractivity contribution in [2.24, 2.45) is 46.3 Å². The summed E-state index contributed by atoms with van der Waals surface area (Å²) in [5, 5.41) is 0. The van der Waals surface area contributed by atoms with E-state index in [2.05, 4.69) is 40.7 Å². The SMILES string of the molecule is CC(C)CCC[C@@H](C)[C@H]1CC[C@H]2[C@@H]3CC=C4C[C@@H](OCCOP(=O)([O-])OCC[N+](C)(C)C)CC[C@]4(C)[C@H]3CC[C@]12C. The van der Waals surface area contributed by atoms with Crippen LogP contribution in [-0.4, -0.2) is 58.1 Å². The van der Waals surface area contributed by atoms with Crippen LogP contribution in [0.1, 0.15) is 105 Å². The zero-order valence-corrected chi connectivity index (χ0v) is 28.6. The Balaban J connectivity index is 1.27. The summed E-state index contributed by atoms with van der Waals surface area (Å²) in [4.78, 5) is 12.1. The Bertz CT molecular complexity index is 946. The first kappa shape index (κ1) is 33.7. The maximum Gasteiger partial charge on any atom is 0.268 e. The molecule has 0 saturated heterocycles. The Labute approximate surface area is 252 Å². The van der Waals surface area contributed by atoms with E-state index in [4.69, 9.17) is 13.8 Å². The lowest BCUT2D eigenvalue weighted by molar-refractivity contribution is -0.870. The highest BCUT2D eigenvalue weighted by Crippen LogP contribution is 2.67. The van der Waals surface area contributed by atoms with Gasteiger partial charge < -0.3 is 23.2 Å². The van der Waals surface area contributed by atoms with Crippen molar-refractivity contribution in [3.8, 4) is 0 Å². The highest BCUT2D eigenvalue weighted by atomic mass is 31.2. The normalized spacial score (nSPS) is 37.6. The maximum atomic E-state index is 12.1. The third kappa shape index (κ3) is 8.08. The van der Waals surface area contributed by atoms with E-state index in [0.717, 1.165) is 48.3 Å². The number of hydrogen-bond acceptors (Lipinski definition) is 5. The first-order chi connectivity index (χ1) is 19.1. The van der Waals surface area contributed by atoms with Crippen molar-refractivity contribution in [3.05, 3.63) is 11.6 Å². The van der Waals surface area contributed by atoms with Crippen molar-refractivity contribution in [2.45, 2.75) is 111 Å². The quantitative estimate of drug-likeness (QED) is 0.0894. The van der Waals surface area contributed by atoms with Crippen LogP contribution in [0.3, 0.4) is 0 Å². The Kier molecular flexibility index (Phi) is 11.0. The fourth-order valence-corrected chi connectivity index (χ4v) is 10.3. The van der Waals surface area contributed by atoms with Gasteiger partial charge in [0.2, 0.25) is 0 Å². The van der Waals surface area contributed by atoms with Crippen molar-refractivity contribution < 1.29 is 27.7 Å². The summed E-state index contributed by atoms with van der Waals surface area (Å²) in [7, 11) is 1.71. The topological polar surface area (TPSA) is 67.8 Å². The second-order valence-electron chi connectivity index (χ2n) is 16.2. The summed E-state index contributed by atoms with van der Waals surface area (Å²) >= 11 is 0. The Morgan fingerprint density at radius 2 is 1.71 bits per heavy atom. The minimum Gasteiger partial charge on any atom is -0.756 e. The van der Waals surface area contributed by atoms with Gasteiger partial charge in [0, 0.05) is 0 Å². The molecule has 0 bridgehead atoms. The molecule has 41 heavy (non-hydrogen) atoms. The number of likely N-dealkylation sites (N-methyl/N-ethyl adjacent to an activating group) is 1. The summed E-state index contributed by atoms with van der Waals surface area (Å²) in [5.41, 5.74) is 2.43. The van der Waals surface area contributed by atoms with Crippen LogP contribution in [0.5, 0.6) is 0 Å². The summed E-state index contributed by atoms with van der Waals surface area (Å²) < 4.78 is 28.9. The fraction of sp³-hybridized carbons (Fsp3) is 0.941. The third-order valence-corrected chi connectivity index (χ3v) is 13.0. The van der Waals surface area contributed by atoms with Crippen LogP contribution < -0.4 is 4.89 Å². The summed E-state index contributed by atoms with van der Waals surface area (Å²) in [6, 6.07) is 0. The molecule has 4 rings (SSSR count). The number of fused-ring (bicyclic) bond motifs is 5. The molecule has 3 saturated carbocycles. The molecule has 0 aliphatic heterocycles. The monoisotopic (exact) mass is 595 g/mol. The smallest absolute Gasteiger partial charge is 0.268 e. The third-order valence-electron chi connectivity index (χ3n) is 12.0. The van der Waals surface area contributed by atoms with E-state index in [1.165, 1.54) is 57.8 Å². The molecule has 3 fully saturated rings. The molecule has 4 aliphatic rings. The largest absolute Gasteiger partial charge is 0.756 e. The Hall–Kier alpha value is -0.230. The van der Waals surface area contributed by atoms with Gasteiger partial charge in [-0.05, 0) is 97.7 Å². The molecule has 0 aromatic rings. The number of hydrogen-bond donors (Lipinski definition) is 0. The minimum absolute atomic E-state index is 0.0139. The standard InChI is InChI=1S/C34H62NO5P/c1-25(2)10-9-11-26(3)30-14-15-31-29-13-12-27-24-28(16-18-33(27,4)32(29)17-19-34(30,31)5)38-22-23-40-41(36,37)39-21-20-35(6,7)8/h12,25-26,28-32H,9-11,13-24H2,1-8H3/t26-,28+,29+,30-,31+,32+,33+,34-/m1/s1. The molecule has 0 aromatic carbocycles. The van der Waals surface area contributed by atoms with Gasteiger partial charge in [0.15, 0.2) is 0 Å². The number of quaternary nitrogens is 1. The van der Waals surface area contributed by atoms with Crippen molar-refractivity contribution in [2.75, 3.05) is 47.5 Å². The first-order valence-corrected chi connectivity index (χ1v) is 18.3. The van der Waals surface area contributed by atoms with Gasteiger partial charge in [-0.3, -0.25) is 4.57 Å². The maximum absolute atomic E-state index is 12.1. The number of phosphoric acid groups is 1. The van der Waals surface area contributed by atoms with Crippen LogP contribution in [0.4, 0.5) is 0 Å².